The highest BCUT2D eigenvalue weighted by molar-refractivity contribution is 7.22. The molecule has 0 unspecified atom stereocenters. The summed E-state index contributed by atoms with van der Waals surface area (Å²) in [5.41, 5.74) is 1.08. The number of carbonyl (C=O) groups is 1. The molecule has 4 aromatic rings. The molecule has 2 aromatic heterocycles. The normalized spacial score (nSPS) is 10.8. The third-order valence-electron chi connectivity index (χ3n) is 3.98. The lowest BCUT2D eigenvalue weighted by Gasteiger charge is -2.18. The Hall–Kier alpha value is -3.52. The van der Waals surface area contributed by atoms with E-state index in [1.807, 2.05) is 24.3 Å². The Kier molecular flexibility index (Phi) is 4.39. The highest BCUT2D eigenvalue weighted by Gasteiger charge is 2.23. The van der Waals surface area contributed by atoms with Gasteiger partial charge in [0.05, 0.1) is 27.9 Å². The molecule has 0 atom stereocenters. The van der Waals surface area contributed by atoms with Crippen LogP contribution in [0.3, 0.4) is 0 Å². The number of carbonyl (C=O) groups excluding carboxylic acids is 1. The Labute approximate surface area is 157 Å². The SMILES string of the molecule is O=C(c1ccc([N+](=O)[O-])cc1)N(Cc1ccco1)c1nc2ccccc2s1. The van der Waals surface area contributed by atoms with Gasteiger partial charge in [0.25, 0.3) is 11.6 Å². The third kappa shape index (κ3) is 3.42. The summed E-state index contributed by atoms with van der Waals surface area (Å²) in [4.78, 5) is 29.5. The topological polar surface area (TPSA) is 89.5 Å². The van der Waals surface area contributed by atoms with E-state index in [9.17, 15) is 14.9 Å². The lowest BCUT2D eigenvalue weighted by Crippen LogP contribution is -2.30. The average molecular weight is 379 g/mol. The second-order valence-corrected chi connectivity index (χ2v) is 6.75. The summed E-state index contributed by atoms with van der Waals surface area (Å²) in [5, 5.41) is 11.4. The summed E-state index contributed by atoms with van der Waals surface area (Å²) in [6.45, 7) is 0.211. The first kappa shape index (κ1) is 16.9. The third-order valence-corrected chi connectivity index (χ3v) is 5.04. The Bertz CT molecular complexity index is 1070. The molecule has 0 fully saturated rings. The number of hydrogen-bond acceptors (Lipinski definition) is 6. The maximum absolute atomic E-state index is 13.1. The molecule has 0 spiro atoms. The summed E-state index contributed by atoms with van der Waals surface area (Å²) < 4.78 is 6.36. The lowest BCUT2D eigenvalue weighted by molar-refractivity contribution is -0.384. The highest BCUT2D eigenvalue weighted by atomic mass is 32.1. The fourth-order valence-electron chi connectivity index (χ4n) is 2.64. The van der Waals surface area contributed by atoms with E-state index >= 15 is 0 Å². The number of furan rings is 1. The van der Waals surface area contributed by atoms with Crippen LogP contribution in [0.25, 0.3) is 10.2 Å². The van der Waals surface area contributed by atoms with Crippen molar-refractivity contribution >= 4 is 38.3 Å². The number of hydrogen-bond donors (Lipinski definition) is 0. The largest absolute Gasteiger partial charge is 0.467 e. The van der Waals surface area contributed by atoms with Crippen LogP contribution >= 0.6 is 11.3 Å². The molecule has 134 valence electrons. The molecule has 0 radical (unpaired) electrons. The number of anilines is 1. The zero-order valence-corrected chi connectivity index (χ0v) is 14.8. The molecule has 0 aliphatic heterocycles. The number of aromatic nitrogens is 1. The van der Waals surface area contributed by atoms with Crippen LogP contribution in [0.4, 0.5) is 10.8 Å². The van der Waals surface area contributed by atoms with Gasteiger partial charge < -0.3 is 4.42 Å². The van der Waals surface area contributed by atoms with Crippen molar-refractivity contribution in [3.63, 3.8) is 0 Å². The van der Waals surface area contributed by atoms with E-state index in [1.165, 1.54) is 40.5 Å². The van der Waals surface area contributed by atoms with Crippen LogP contribution in [-0.4, -0.2) is 15.8 Å². The van der Waals surface area contributed by atoms with Gasteiger partial charge >= 0.3 is 0 Å². The monoisotopic (exact) mass is 379 g/mol. The molecule has 0 bridgehead atoms. The van der Waals surface area contributed by atoms with Crippen LogP contribution in [0.15, 0.2) is 71.3 Å². The van der Waals surface area contributed by atoms with Crippen molar-refractivity contribution in [2.45, 2.75) is 6.54 Å². The molecule has 0 N–H and O–H groups in total. The zero-order valence-electron chi connectivity index (χ0n) is 13.9. The average Bonchev–Trinajstić information content (AvgIpc) is 3.34. The molecular formula is C19H13N3O4S. The number of amides is 1. The summed E-state index contributed by atoms with van der Waals surface area (Å²) >= 11 is 1.40. The first-order valence-electron chi connectivity index (χ1n) is 8.06. The van der Waals surface area contributed by atoms with E-state index in [0.29, 0.717) is 16.5 Å². The van der Waals surface area contributed by atoms with Crippen LogP contribution in [-0.2, 0) is 6.54 Å². The van der Waals surface area contributed by atoms with Gasteiger partial charge in [-0.15, -0.1) is 0 Å². The van der Waals surface area contributed by atoms with Crippen molar-refractivity contribution in [2.75, 3.05) is 4.90 Å². The van der Waals surface area contributed by atoms with Crippen LogP contribution in [0.1, 0.15) is 16.1 Å². The lowest BCUT2D eigenvalue weighted by atomic mass is 10.2. The minimum atomic E-state index is -0.498. The number of para-hydroxylation sites is 1. The highest BCUT2D eigenvalue weighted by Crippen LogP contribution is 2.31. The van der Waals surface area contributed by atoms with Gasteiger partial charge in [0.15, 0.2) is 5.13 Å². The maximum Gasteiger partial charge on any atom is 0.269 e. The summed E-state index contributed by atoms with van der Waals surface area (Å²) in [7, 11) is 0. The van der Waals surface area contributed by atoms with Crippen molar-refractivity contribution in [1.82, 2.24) is 4.98 Å². The molecule has 1 amide bonds. The molecule has 0 saturated carbocycles. The number of nitro benzene ring substituents is 1. The first-order chi connectivity index (χ1) is 13.1. The molecule has 2 aromatic carbocycles. The van der Waals surface area contributed by atoms with Gasteiger partial charge in [-0.3, -0.25) is 19.8 Å². The molecule has 0 aliphatic carbocycles. The number of rotatable bonds is 5. The van der Waals surface area contributed by atoms with Crippen molar-refractivity contribution in [2.24, 2.45) is 0 Å². The van der Waals surface area contributed by atoms with Gasteiger partial charge in [0.1, 0.15) is 5.76 Å². The van der Waals surface area contributed by atoms with Crippen LogP contribution in [0.5, 0.6) is 0 Å². The predicted octanol–water partition coefficient (Wildman–Crippen LogP) is 4.64. The molecule has 0 aliphatic rings. The van der Waals surface area contributed by atoms with Crippen LogP contribution in [0.2, 0.25) is 0 Å². The number of nitrogens with zero attached hydrogens (tertiary/aromatic N) is 3. The molecular weight excluding hydrogens is 366 g/mol. The van der Waals surface area contributed by atoms with Crippen molar-refractivity contribution < 1.29 is 14.1 Å². The Balaban J connectivity index is 1.72. The standard InChI is InChI=1S/C19H13N3O4S/c23-18(13-7-9-14(10-8-13)22(24)25)21(12-15-4-3-11-26-15)19-20-16-5-1-2-6-17(16)27-19/h1-11H,12H2. The Morgan fingerprint density at radius 2 is 1.89 bits per heavy atom. The van der Waals surface area contributed by atoms with E-state index < -0.39 is 4.92 Å². The fraction of sp³-hybridized carbons (Fsp3) is 0.0526. The molecule has 8 heteroatoms. The van der Waals surface area contributed by atoms with Crippen LogP contribution < -0.4 is 4.90 Å². The number of benzene rings is 2. The van der Waals surface area contributed by atoms with Crippen molar-refractivity contribution in [1.29, 1.82) is 0 Å². The fourth-order valence-corrected chi connectivity index (χ4v) is 3.60. The second kappa shape index (κ2) is 7.00. The summed E-state index contributed by atoms with van der Waals surface area (Å²) in [5.74, 6) is 0.310. The minimum absolute atomic E-state index is 0.0656. The van der Waals surface area contributed by atoms with Crippen molar-refractivity contribution in [3.8, 4) is 0 Å². The number of fused-ring (bicyclic) bond motifs is 1. The summed E-state index contributed by atoms with van der Waals surface area (Å²) in [6.07, 6.45) is 1.54. The van der Waals surface area contributed by atoms with E-state index in [0.717, 1.165) is 10.2 Å². The molecule has 0 saturated heterocycles. The first-order valence-corrected chi connectivity index (χ1v) is 8.88. The van der Waals surface area contributed by atoms with E-state index in [2.05, 4.69) is 4.98 Å². The molecule has 4 rings (SSSR count). The van der Waals surface area contributed by atoms with Gasteiger partial charge in [-0.25, -0.2) is 4.98 Å². The van der Waals surface area contributed by atoms with E-state index in [-0.39, 0.29) is 18.1 Å². The number of nitro groups is 1. The van der Waals surface area contributed by atoms with Gasteiger partial charge in [0, 0.05) is 17.7 Å². The van der Waals surface area contributed by atoms with Gasteiger partial charge in [-0.1, -0.05) is 23.5 Å². The Morgan fingerprint density at radius 3 is 2.56 bits per heavy atom. The number of thiazole rings is 1. The number of non-ortho nitro benzene ring substituents is 1. The van der Waals surface area contributed by atoms with Gasteiger partial charge in [-0.2, -0.15) is 0 Å². The van der Waals surface area contributed by atoms with Crippen molar-refractivity contribution in [3.05, 3.63) is 88.4 Å². The van der Waals surface area contributed by atoms with Crippen LogP contribution in [0, 0.1) is 10.1 Å². The predicted molar refractivity (Wildman–Crippen MR) is 102 cm³/mol. The quantitative estimate of drug-likeness (QED) is 0.372. The Morgan fingerprint density at radius 1 is 1.11 bits per heavy atom. The second-order valence-electron chi connectivity index (χ2n) is 5.74. The minimum Gasteiger partial charge on any atom is -0.467 e. The summed E-state index contributed by atoms with van der Waals surface area (Å²) in [6, 6.07) is 16.7. The zero-order chi connectivity index (χ0) is 18.8. The maximum atomic E-state index is 13.1. The smallest absolute Gasteiger partial charge is 0.269 e. The van der Waals surface area contributed by atoms with E-state index in [1.54, 1.807) is 18.4 Å². The molecule has 7 nitrogen and oxygen atoms in total. The molecule has 27 heavy (non-hydrogen) atoms. The van der Waals surface area contributed by atoms with E-state index in [4.69, 9.17) is 4.42 Å². The van der Waals surface area contributed by atoms with Gasteiger partial charge in [0.2, 0.25) is 0 Å². The van der Waals surface area contributed by atoms with Gasteiger partial charge in [-0.05, 0) is 36.4 Å². The molecule has 2 heterocycles.